The second kappa shape index (κ2) is 5.14. The third kappa shape index (κ3) is 3.08. The second-order valence-electron chi connectivity index (χ2n) is 4.29. The molecule has 1 aliphatic rings. The normalized spacial score (nSPS) is 18.1. The Balaban J connectivity index is 2.55. The molecule has 0 bridgehead atoms. The SMILES string of the molecule is C=C(CC(=O)[O-])C(=O)OC1(CC)CCCC1. The van der Waals surface area contributed by atoms with Gasteiger partial charge in [-0.1, -0.05) is 13.5 Å². The Bertz CT molecular complexity index is 300. The average Bonchev–Trinajstić information content (AvgIpc) is 2.66. The van der Waals surface area contributed by atoms with Crippen LogP contribution in [0.25, 0.3) is 0 Å². The summed E-state index contributed by atoms with van der Waals surface area (Å²) in [4.78, 5) is 21.9. The lowest BCUT2D eigenvalue weighted by molar-refractivity contribution is -0.304. The van der Waals surface area contributed by atoms with Gasteiger partial charge in [0.25, 0.3) is 0 Å². The molecule has 90 valence electrons. The topological polar surface area (TPSA) is 66.4 Å². The summed E-state index contributed by atoms with van der Waals surface area (Å²) in [5, 5.41) is 10.3. The first-order chi connectivity index (χ1) is 7.49. The molecular formula is C12H17O4-. The number of aliphatic carboxylic acids is 1. The minimum absolute atomic E-state index is 0.0419. The minimum Gasteiger partial charge on any atom is -0.550 e. The predicted molar refractivity (Wildman–Crippen MR) is 56.3 cm³/mol. The van der Waals surface area contributed by atoms with E-state index in [0.717, 1.165) is 32.1 Å². The molecule has 0 atom stereocenters. The van der Waals surface area contributed by atoms with Crippen molar-refractivity contribution < 1.29 is 19.4 Å². The standard InChI is InChI=1S/C12H18O4/c1-3-12(6-4-5-7-12)16-11(15)9(2)8-10(13)14/h2-8H2,1H3,(H,13,14)/p-1. The van der Waals surface area contributed by atoms with Gasteiger partial charge in [0.2, 0.25) is 0 Å². The quantitative estimate of drug-likeness (QED) is 0.516. The lowest BCUT2D eigenvalue weighted by Crippen LogP contribution is -2.33. The lowest BCUT2D eigenvalue weighted by Gasteiger charge is -2.28. The summed E-state index contributed by atoms with van der Waals surface area (Å²) in [7, 11) is 0. The van der Waals surface area contributed by atoms with Crippen molar-refractivity contribution in [3.05, 3.63) is 12.2 Å². The Morgan fingerprint density at radius 1 is 1.38 bits per heavy atom. The van der Waals surface area contributed by atoms with Crippen LogP contribution < -0.4 is 5.11 Å². The zero-order valence-electron chi connectivity index (χ0n) is 9.58. The summed E-state index contributed by atoms with van der Waals surface area (Å²) in [5.74, 6) is -1.91. The van der Waals surface area contributed by atoms with E-state index < -0.39 is 24.0 Å². The molecule has 0 heterocycles. The van der Waals surface area contributed by atoms with E-state index in [0.29, 0.717) is 0 Å². The average molecular weight is 225 g/mol. The Morgan fingerprint density at radius 3 is 2.38 bits per heavy atom. The highest BCUT2D eigenvalue weighted by Gasteiger charge is 2.36. The fraction of sp³-hybridized carbons (Fsp3) is 0.667. The van der Waals surface area contributed by atoms with E-state index in [2.05, 4.69) is 6.58 Å². The van der Waals surface area contributed by atoms with E-state index in [-0.39, 0.29) is 5.57 Å². The number of esters is 1. The van der Waals surface area contributed by atoms with Gasteiger partial charge in [-0.25, -0.2) is 4.79 Å². The van der Waals surface area contributed by atoms with E-state index in [9.17, 15) is 14.7 Å². The zero-order valence-corrected chi connectivity index (χ0v) is 9.58. The Labute approximate surface area is 95.3 Å². The molecule has 1 fully saturated rings. The summed E-state index contributed by atoms with van der Waals surface area (Å²) >= 11 is 0. The summed E-state index contributed by atoms with van der Waals surface area (Å²) in [6, 6.07) is 0. The molecule has 0 aromatic heterocycles. The summed E-state index contributed by atoms with van der Waals surface area (Å²) in [6.07, 6.45) is 4.11. The van der Waals surface area contributed by atoms with Crippen LogP contribution in [0, 0.1) is 0 Å². The number of carbonyl (C=O) groups is 2. The molecule has 0 aromatic carbocycles. The van der Waals surface area contributed by atoms with Gasteiger partial charge in [-0.05, 0) is 32.1 Å². The molecule has 1 saturated carbocycles. The van der Waals surface area contributed by atoms with Crippen LogP contribution in [0.5, 0.6) is 0 Å². The first-order valence-electron chi connectivity index (χ1n) is 5.60. The molecule has 16 heavy (non-hydrogen) atoms. The number of hydrogen-bond acceptors (Lipinski definition) is 4. The zero-order chi connectivity index (χ0) is 12.2. The van der Waals surface area contributed by atoms with Crippen LogP contribution in [-0.2, 0) is 14.3 Å². The van der Waals surface area contributed by atoms with Crippen LogP contribution in [0.4, 0.5) is 0 Å². The molecule has 1 rings (SSSR count). The highest BCUT2D eigenvalue weighted by atomic mass is 16.6. The number of carboxylic acid groups (broad SMARTS) is 1. The number of ether oxygens (including phenoxy) is 1. The maximum atomic E-state index is 11.6. The molecule has 0 saturated heterocycles. The fourth-order valence-electron chi connectivity index (χ4n) is 2.06. The number of carboxylic acids is 1. The summed E-state index contributed by atoms with van der Waals surface area (Å²) < 4.78 is 5.38. The van der Waals surface area contributed by atoms with Gasteiger partial charge >= 0.3 is 5.97 Å². The Hall–Kier alpha value is -1.32. The van der Waals surface area contributed by atoms with Gasteiger partial charge in [-0.3, -0.25) is 0 Å². The maximum absolute atomic E-state index is 11.6. The highest BCUT2D eigenvalue weighted by Crippen LogP contribution is 2.36. The van der Waals surface area contributed by atoms with Crippen LogP contribution in [0.3, 0.4) is 0 Å². The van der Waals surface area contributed by atoms with Gasteiger partial charge in [-0.2, -0.15) is 0 Å². The highest BCUT2D eigenvalue weighted by molar-refractivity contribution is 5.92. The fourth-order valence-corrected chi connectivity index (χ4v) is 2.06. The van der Waals surface area contributed by atoms with Gasteiger partial charge in [0, 0.05) is 18.0 Å². The van der Waals surface area contributed by atoms with Gasteiger partial charge < -0.3 is 14.6 Å². The van der Waals surface area contributed by atoms with Crippen molar-refractivity contribution in [1.29, 1.82) is 0 Å². The summed E-state index contributed by atoms with van der Waals surface area (Å²) in [6.45, 7) is 5.38. The number of carbonyl (C=O) groups excluding carboxylic acids is 2. The van der Waals surface area contributed by atoms with Crippen LogP contribution in [0.1, 0.15) is 45.4 Å². The predicted octanol–water partition coefficient (Wildman–Crippen LogP) is 0.949. The van der Waals surface area contributed by atoms with Crippen molar-refractivity contribution in [2.45, 2.75) is 51.0 Å². The van der Waals surface area contributed by atoms with Crippen molar-refractivity contribution >= 4 is 11.9 Å². The van der Waals surface area contributed by atoms with Crippen LogP contribution in [-0.4, -0.2) is 17.5 Å². The van der Waals surface area contributed by atoms with Crippen molar-refractivity contribution in [2.24, 2.45) is 0 Å². The molecular weight excluding hydrogens is 208 g/mol. The smallest absolute Gasteiger partial charge is 0.334 e. The molecule has 0 N–H and O–H groups in total. The van der Waals surface area contributed by atoms with E-state index in [1.807, 2.05) is 6.92 Å². The van der Waals surface area contributed by atoms with E-state index in [1.165, 1.54) is 0 Å². The molecule has 4 nitrogen and oxygen atoms in total. The Kier molecular flexibility index (Phi) is 4.10. The maximum Gasteiger partial charge on any atom is 0.334 e. The van der Waals surface area contributed by atoms with E-state index in [1.54, 1.807) is 0 Å². The van der Waals surface area contributed by atoms with Crippen molar-refractivity contribution in [1.82, 2.24) is 0 Å². The number of rotatable bonds is 5. The van der Waals surface area contributed by atoms with Gasteiger partial charge in [0.15, 0.2) is 0 Å². The molecule has 0 aliphatic heterocycles. The molecule has 4 heteroatoms. The molecule has 0 radical (unpaired) electrons. The number of hydrogen-bond donors (Lipinski definition) is 0. The summed E-state index contributed by atoms with van der Waals surface area (Å²) in [5.41, 5.74) is -0.439. The monoisotopic (exact) mass is 225 g/mol. The van der Waals surface area contributed by atoms with Crippen molar-refractivity contribution in [3.8, 4) is 0 Å². The first kappa shape index (κ1) is 12.7. The van der Waals surface area contributed by atoms with Gasteiger partial charge in [0.05, 0.1) is 0 Å². The molecule has 0 amide bonds. The largest absolute Gasteiger partial charge is 0.550 e. The minimum atomic E-state index is -1.31. The van der Waals surface area contributed by atoms with Crippen LogP contribution in [0.15, 0.2) is 12.2 Å². The molecule has 1 aliphatic carbocycles. The first-order valence-corrected chi connectivity index (χ1v) is 5.60. The Morgan fingerprint density at radius 2 is 1.94 bits per heavy atom. The third-order valence-corrected chi connectivity index (χ3v) is 3.11. The van der Waals surface area contributed by atoms with Crippen LogP contribution in [0.2, 0.25) is 0 Å². The van der Waals surface area contributed by atoms with E-state index >= 15 is 0 Å². The van der Waals surface area contributed by atoms with Gasteiger partial charge in [0.1, 0.15) is 5.60 Å². The van der Waals surface area contributed by atoms with E-state index in [4.69, 9.17) is 4.74 Å². The third-order valence-electron chi connectivity index (χ3n) is 3.11. The molecule has 0 aromatic rings. The lowest BCUT2D eigenvalue weighted by atomic mass is 9.98. The molecule has 0 spiro atoms. The second-order valence-corrected chi connectivity index (χ2v) is 4.29. The molecule has 0 unspecified atom stereocenters. The van der Waals surface area contributed by atoms with Crippen molar-refractivity contribution in [3.63, 3.8) is 0 Å². The van der Waals surface area contributed by atoms with Crippen molar-refractivity contribution in [2.75, 3.05) is 0 Å². The van der Waals surface area contributed by atoms with Crippen LogP contribution >= 0.6 is 0 Å². The van der Waals surface area contributed by atoms with Gasteiger partial charge in [-0.15, -0.1) is 0 Å².